The molecule has 0 saturated carbocycles. The summed E-state index contributed by atoms with van der Waals surface area (Å²) in [6.07, 6.45) is 0. The molecule has 0 aliphatic carbocycles. The topological polar surface area (TPSA) is 114 Å². The summed E-state index contributed by atoms with van der Waals surface area (Å²) < 4.78 is 0. The fraction of sp³-hybridized carbons (Fsp3) is 1.00. The molecule has 0 amide bonds. The first-order chi connectivity index (χ1) is 6.68. The van der Waals surface area contributed by atoms with Gasteiger partial charge in [-0.1, -0.05) is 0 Å². The van der Waals surface area contributed by atoms with E-state index < -0.39 is 0 Å². The zero-order valence-corrected chi connectivity index (χ0v) is 8.97. The van der Waals surface area contributed by atoms with Crippen LogP contribution in [0.5, 0.6) is 0 Å². The highest BCUT2D eigenvalue weighted by Gasteiger charge is 2.19. The summed E-state index contributed by atoms with van der Waals surface area (Å²) in [6, 6.07) is 0. The first-order valence-electron chi connectivity index (χ1n) is 5.04. The Hall–Kier alpha value is -0.240. The largest absolute Gasteiger partial charge is 0.329 e. The second kappa shape index (κ2) is 8.10. The molecule has 86 valence electrons. The quantitative estimate of drug-likeness (QED) is 0.228. The van der Waals surface area contributed by atoms with Crippen LogP contribution < -0.4 is 33.2 Å². The molecule has 0 rings (SSSR count). The summed E-state index contributed by atoms with van der Waals surface area (Å²) in [5.41, 5.74) is 16.3. The monoisotopic (exact) mass is 204 g/mol. The van der Waals surface area contributed by atoms with Crippen LogP contribution in [0, 0.1) is 0 Å². The number of hydrogen-bond acceptors (Lipinski definition) is 6. The Morgan fingerprint density at radius 3 is 1.29 bits per heavy atom. The molecule has 0 aliphatic rings. The van der Waals surface area contributed by atoms with Gasteiger partial charge < -0.3 is 17.2 Å². The SMILES string of the molecule is CC(NCCN)(NCCN)NCCN. The summed E-state index contributed by atoms with van der Waals surface area (Å²) in [5.74, 6) is -0.335. The van der Waals surface area contributed by atoms with Crippen LogP contribution in [0.15, 0.2) is 0 Å². The summed E-state index contributed by atoms with van der Waals surface area (Å²) in [5, 5.41) is 9.77. The standard InChI is InChI=1S/C8H24N6/c1-8(12-5-2-9,13-6-3-10)14-7-4-11/h12-14H,2-7,9-11H2,1H3. The smallest absolute Gasteiger partial charge is 0.120 e. The fourth-order valence-corrected chi connectivity index (χ4v) is 1.15. The Kier molecular flexibility index (Phi) is 7.96. The van der Waals surface area contributed by atoms with E-state index in [9.17, 15) is 0 Å². The third-order valence-corrected chi connectivity index (χ3v) is 1.87. The van der Waals surface area contributed by atoms with E-state index in [4.69, 9.17) is 17.2 Å². The van der Waals surface area contributed by atoms with Gasteiger partial charge in [0.25, 0.3) is 0 Å². The molecule has 0 aliphatic heterocycles. The molecule has 6 nitrogen and oxygen atoms in total. The van der Waals surface area contributed by atoms with Crippen LogP contribution in [0.1, 0.15) is 6.92 Å². The lowest BCUT2D eigenvalue weighted by molar-refractivity contribution is 0.229. The van der Waals surface area contributed by atoms with Crippen molar-refractivity contribution in [3.8, 4) is 0 Å². The summed E-state index contributed by atoms with van der Waals surface area (Å²) >= 11 is 0. The average Bonchev–Trinajstić information content (AvgIpc) is 2.21. The van der Waals surface area contributed by atoms with E-state index in [1.165, 1.54) is 0 Å². The van der Waals surface area contributed by atoms with Gasteiger partial charge in [-0.15, -0.1) is 0 Å². The zero-order valence-electron chi connectivity index (χ0n) is 8.97. The van der Waals surface area contributed by atoms with Gasteiger partial charge in [-0.2, -0.15) is 0 Å². The molecule has 0 radical (unpaired) electrons. The van der Waals surface area contributed by atoms with Crippen molar-refractivity contribution in [1.29, 1.82) is 0 Å². The maximum Gasteiger partial charge on any atom is 0.120 e. The third kappa shape index (κ3) is 6.25. The summed E-state index contributed by atoms with van der Waals surface area (Å²) in [4.78, 5) is 0. The molecule has 14 heavy (non-hydrogen) atoms. The van der Waals surface area contributed by atoms with Gasteiger partial charge in [0, 0.05) is 39.3 Å². The molecule has 0 saturated heterocycles. The molecule has 0 bridgehead atoms. The minimum Gasteiger partial charge on any atom is -0.329 e. The van der Waals surface area contributed by atoms with Crippen molar-refractivity contribution in [2.24, 2.45) is 17.2 Å². The van der Waals surface area contributed by atoms with Crippen molar-refractivity contribution in [2.45, 2.75) is 12.7 Å². The van der Waals surface area contributed by atoms with Gasteiger partial charge in [-0.05, 0) is 6.92 Å². The van der Waals surface area contributed by atoms with Crippen molar-refractivity contribution < 1.29 is 0 Å². The maximum atomic E-state index is 5.43. The van der Waals surface area contributed by atoms with E-state index in [0.717, 1.165) is 19.6 Å². The van der Waals surface area contributed by atoms with Gasteiger partial charge >= 0.3 is 0 Å². The highest BCUT2D eigenvalue weighted by Crippen LogP contribution is 1.90. The summed E-state index contributed by atoms with van der Waals surface area (Å²) in [7, 11) is 0. The van der Waals surface area contributed by atoms with Gasteiger partial charge in [0.05, 0.1) is 0 Å². The second-order valence-electron chi connectivity index (χ2n) is 3.27. The number of nitrogens with two attached hydrogens (primary N) is 3. The molecule has 0 unspecified atom stereocenters. The summed E-state index contributed by atoms with van der Waals surface area (Å²) in [6.45, 7) is 6.04. The van der Waals surface area contributed by atoms with Crippen molar-refractivity contribution in [1.82, 2.24) is 16.0 Å². The molecule has 0 aromatic carbocycles. The first kappa shape index (κ1) is 13.8. The Balaban J connectivity index is 3.89. The highest BCUT2D eigenvalue weighted by molar-refractivity contribution is 4.78. The Labute approximate surface area is 86.0 Å². The Morgan fingerprint density at radius 1 is 0.786 bits per heavy atom. The van der Waals surface area contributed by atoms with Crippen molar-refractivity contribution in [2.75, 3.05) is 39.3 Å². The van der Waals surface area contributed by atoms with Crippen LogP contribution in [0.3, 0.4) is 0 Å². The van der Waals surface area contributed by atoms with Gasteiger partial charge in [0.2, 0.25) is 0 Å². The molecule has 0 aromatic heterocycles. The molecule has 0 atom stereocenters. The predicted molar refractivity (Wildman–Crippen MR) is 59.6 cm³/mol. The molecule has 9 N–H and O–H groups in total. The van der Waals surface area contributed by atoms with Crippen LogP contribution in [0.4, 0.5) is 0 Å². The Bertz CT molecular complexity index is 107. The third-order valence-electron chi connectivity index (χ3n) is 1.87. The number of hydrogen-bond donors (Lipinski definition) is 6. The van der Waals surface area contributed by atoms with Gasteiger partial charge in [0.15, 0.2) is 0 Å². The lowest BCUT2D eigenvalue weighted by Crippen LogP contribution is -2.66. The number of rotatable bonds is 9. The minimum atomic E-state index is -0.335. The minimum absolute atomic E-state index is 0.335. The van der Waals surface area contributed by atoms with Crippen LogP contribution in [-0.2, 0) is 0 Å². The second-order valence-corrected chi connectivity index (χ2v) is 3.27. The van der Waals surface area contributed by atoms with Crippen molar-refractivity contribution in [3.63, 3.8) is 0 Å². The Morgan fingerprint density at radius 2 is 1.07 bits per heavy atom. The highest BCUT2D eigenvalue weighted by atomic mass is 15.3. The molecule has 0 spiro atoms. The van der Waals surface area contributed by atoms with E-state index in [-0.39, 0.29) is 5.79 Å². The zero-order chi connectivity index (χ0) is 10.9. The van der Waals surface area contributed by atoms with Gasteiger partial charge in [-0.3, -0.25) is 16.0 Å². The lowest BCUT2D eigenvalue weighted by Gasteiger charge is -2.33. The van der Waals surface area contributed by atoms with E-state index in [0.29, 0.717) is 19.6 Å². The molecular weight excluding hydrogens is 180 g/mol. The van der Waals surface area contributed by atoms with E-state index in [2.05, 4.69) is 16.0 Å². The number of nitrogens with one attached hydrogen (secondary N) is 3. The maximum absolute atomic E-state index is 5.43. The first-order valence-corrected chi connectivity index (χ1v) is 5.04. The van der Waals surface area contributed by atoms with E-state index in [1.54, 1.807) is 0 Å². The van der Waals surface area contributed by atoms with Crippen LogP contribution >= 0.6 is 0 Å². The van der Waals surface area contributed by atoms with Crippen LogP contribution in [0.25, 0.3) is 0 Å². The van der Waals surface area contributed by atoms with E-state index >= 15 is 0 Å². The normalized spacial score (nSPS) is 12.0. The average molecular weight is 204 g/mol. The lowest BCUT2D eigenvalue weighted by atomic mass is 10.3. The van der Waals surface area contributed by atoms with Crippen LogP contribution in [0.2, 0.25) is 0 Å². The predicted octanol–water partition coefficient (Wildman–Crippen LogP) is -2.69. The van der Waals surface area contributed by atoms with Gasteiger partial charge in [-0.25, -0.2) is 0 Å². The van der Waals surface area contributed by atoms with Crippen molar-refractivity contribution in [3.05, 3.63) is 0 Å². The molecule has 6 heteroatoms. The molecule has 0 aromatic rings. The van der Waals surface area contributed by atoms with Gasteiger partial charge in [0.1, 0.15) is 5.79 Å². The van der Waals surface area contributed by atoms with E-state index in [1.807, 2.05) is 6.92 Å². The fourth-order valence-electron chi connectivity index (χ4n) is 1.15. The molecule has 0 fully saturated rings. The molecule has 0 heterocycles. The van der Waals surface area contributed by atoms with Crippen molar-refractivity contribution >= 4 is 0 Å². The molecular formula is C8H24N6. The van der Waals surface area contributed by atoms with Crippen LogP contribution in [-0.4, -0.2) is 45.1 Å².